The number of carbonyl (C=O) groups is 1. The Morgan fingerprint density at radius 3 is 2.80 bits per heavy atom. The first-order valence-electron chi connectivity index (χ1n) is 8.53. The van der Waals surface area contributed by atoms with Gasteiger partial charge in [0.2, 0.25) is 5.88 Å². The second-order valence-corrected chi connectivity index (χ2v) is 7.75. The Balaban J connectivity index is 2.09. The molecule has 1 aliphatic heterocycles. The van der Waals surface area contributed by atoms with Crippen molar-refractivity contribution in [1.82, 2.24) is 15.3 Å². The number of aromatic nitrogens is 2. The van der Waals surface area contributed by atoms with Crippen LogP contribution in [0.25, 0.3) is 0 Å². The molecule has 1 saturated heterocycles. The van der Waals surface area contributed by atoms with Gasteiger partial charge in [0.15, 0.2) is 5.16 Å². The van der Waals surface area contributed by atoms with Gasteiger partial charge in [0.05, 0.1) is 7.11 Å². The SMILES string of the molecule is COc1cc(N2CCCC[C@@H]2CNC(=O)OC(C)(C)C)nc(SC)n1. The summed E-state index contributed by atoms with van der Waals surface area (Å²) in [6.07, 6.45) is 4.79. The predicted octanol–water partition coefficient (Wildman–Crippen LogP) is 3.09. The lowest BCUT2D eigenvalue weighted by Gasteiger charge is -2.37. The van der Waals surface area contributed by atoms with Crippen molar-refractivity contribution in [2.75, 3.05) is 31.4 Å². The zero-order chi connectivity index (χ0) is 18.4. The van der Waals surface area contributed by atoms with Crippen LogP contribution in [-0.4, -0.2) is 54.2 Å². The maximum Gasteiger partial charge on any atom is 0.407 e. The zero-order valence-electron chi connectivity index (χ0n) is 15.7. The Kier molecular flexibility index (Phi) is 6.75. The number of anilines is 1. The Morgan fingerprint density at radius 1 is 1.40 bits per heavy atom. The van der Waals surface area contributed by atoms with Gasteiger partial charge in [-0.2, -0.15) is 4.98 Å². The van der Waals surface area contributed by atoms with Crippen molar-refractivity contribution in [3.05, 3.63) is 6.07 Å². The summed E-state index contributed by atoms with van der Waals surface area (Å²) in [7, 11) is 1.61. The maximum atomic E-state index is 11.9. The van der Waals surface area contributed by atoms with Gasteiger partial charge in [-0.1, -0.05) is 11.8 Å². The molecule has 7 nitrogen and oxygen atoms in total. The number of piperidine rings is 1. The highest BCUT2D eigenvalue weighted by Gasteiger charge is 2.26. The Morgan fingerprint density at radius 2 is 2.16 bits per heavy atom. The second kappa shape index (κ2) is 8.60. The molecule has 0 spiro atoms. The van der Waals surface area contributed by atoms with Gasteiger partial charge < -0.3 is 19.7 Å². The first-order valence-corrected chi connectivity index (χ1v) is 9.75. The number of amides is 1. The normalized spacial score (nSPS) is 18.0. The lowest BCUT2D eigenvalue weighted by atomic mass is 10.0. The van der Waals surface area contributed by atoms with Crippen LogP contribution in [-0.2, 0) is 4.74 Å². The largest absolute Gasteiger partial charge is 0.481 e. The first-order chi connectivity index (χ1) is 11.8. The van der Waals surface area contributed by atoms with Crippen LogP contribution in [0.1, 0.15) is 40.0 Å². The van der Waals surface area contributed by atoms with Crippen molar-refractivity contribution in [1.29, 1.82) is 0 Å². The molecule has 2 rings (SSSR count). The quantitative estimate of drug-likeness (QED) is 0.632. The van der Waals surface area contributed by atoms with E-state index in [2.05, 4.69) is 20.2 Å². The van der Waals surface area contributed by atoms with E-state index in [0.717, 1.165) is 31.6 Å². The molecular formula is C17H28N4O3S. The maximum absolute atomic E-state index is 11.9. The number of carbonyl (C=O) groups excluding carboxylic acids is 1. The third kappa shape index (κ3) is 5.95. The van der Waals surface area contributed by atoms with Crippen molar-refractivity contribution in [2.24, 2.45) is 0 Å². The van der Waals surface area contributed by atoms with E-state index in [1.165, 1.54) is 11.8 Å². The third-order valence-electron chi connectivity index (χ3n) is 3.86. The molecular weight excluding hydrogens is 340 g/mol. The van der Waals surface area contributed by atoms with Crippen LogP contribution in [0.15, 0.2) is 11.2 Å². The molecule has 1 amide bonds. The molecule has 0 unspecified atom stereocenters. The molecule has 2 heterocycles. The summed E-state index contributed by atoms with van der Waals surface area (Å²) in [5.74, 6) is 1.39. The highest BCUT2D eigenvalue weighted by Crippen LogP contribution is 2.27. The number of ether oxygens (including phenoxy) is 2. The number of methoxy groups -OCH3 is 1. The molecule has 0 saturated carbocycles. The van der Waals surface area contributed by atoms with Crippen LogP contribution in [0.3, 0.4) is 0 Å². The summed E-state index contributed by atoms with van der Waals surface area (Å²) < 4.78 is 10.6. The van der Waals surface area contributed by atoms with Crippen LogP contribution < -0.4 is 15.0 Å². The lowest BCUT2D eigenvalue weighted by molar-refractivity contribution is 0.0523. The van der Waals surface area contributed by atoms with Gasteiger partial charge in [-0.3, -0.25) is 0 Å². The van der Waals surface area contributed by atoms with Gasteiger partial charge >= 0.3 is 6.09 Å². The Hall–Kier alpha value is -1.70. The number of hydrogen-bond donors (Lipinski definition) is 1. The van der Waals surface area contributed by atoms with Gasteiger partial charge in [-0.25, -0.2) is 9.78 Å². The fourth-order valence-corrected chi connectivity index (χ4v) is 3.13. The smallest absolute Gasteiger partial charge is 0.407 e. The van der Waals surface area contributed by atoms with Crippen LogP contribution in [0, 0.1) is 0 Å². The number of hydrogen-bond acceptors (Lipinski definition) is 7. The number of nitrogens with one attached hydrogen (secondary N) is 1. The molecule has 25 heavy (non-hydrogen) atoms. The van der Waals surface area contributed by atoms with Crippen LogP contribution in [0.4, 0.5) is 10.6 Å². The van der Waals surface area contributed by atoms with Crippen molar-refractivity contribution >= 4 is 23.7 Å². The number of alkyl carbamates (subject to hydrolysis) is 1. The second-order valence-electron chi connectivity index (χ2n) is 6.98. The highest BCUT2D eigenvalue weighted by atomic mass is 32.2. The molecule has 1 aromatic rings. The van der Waals surface area contributed by atoms with Gasteiger partial charge in [0, 0.05) is 25.2 Å². The van der Waals surface area contributed by atoms with E-state index in [-0.39, 0.29) is 12.1 Å². The van der Waals surface area contributed by atoms with Crippen molar-refractivity contribution < 1.29 is 14.3 Å². The zero-order valence-corrected chi connectivity index (χ0v) is 16.5. The van der Waals surface area contributed by atoms with Crippen LogP contribution in [0.5, 0.6) is 5.88 Å². The molecule has 0 radical (unpaired) electrons. The summed E-state index contributed by atoms with van der Waals surface area (Å²) in [4.78, 5) is 23.1. The average molecular weight is 369 g/mol. The minimum atomic E-state index is -0.496. The van der Waals surface area contributed by atoms with Gasteiger partial charge in [0.25, 0.3) is 0 Å². The van der Waals surface area contributed by atoms with E-state index in [9.17, 15) is 4.79 Å². The van der Waals surface area contributed by atoms with Crippen molar-refractivity contribution in [2.45, 2.75) is 56.8 Å². The lowest BCUT2D eigenvalue weighted by Crippen LogP contribution is -2.48. The van der Waals surface area contributed by atoms with Gasteiger partial charge in [-0.15, -0.1) is 0 Å². The molecule has 0 aromatic carbocycles. The standard InChI is InChI=1S/C17H28N4O3S/c1-17(2,3)24-16(22)18-11-12-8-6-7-9-21(12)13-10-14(23-4)20-15(19-13)25-5/h10,12H,6-9,11H2,1-5H3,(H,18,22)/t12-/m1/s1. The molecule has 1 fully saturated rings. The van der Waals surface area contributed by atoms with Crippen molar-refractivity contribution in [3.8, 4) is 5.88 Å². The van der Waals surface area contributed by atoms with Gasteiger partial charge in [0.1, 0.15) is 11.4 Å². The Bertz CT molecular complexity index is 569. The van der Waals surface area contributed by atoms with E-state index in [1.807, 2.05) is 33.1 Å². The number of nitrogens with zero attached hydrogens (tertiary/aromatic N) is 3. The minimum absolute atomic E-state index is 0.176. The molecule has 1 N–H and O–H groups in total. The monoisotopic (exact) mass is 368 g/mol. The Labute approximate surface area is 153 Å². The highest BCUT2D eigenvalue weighted by molar-refractivity contribution is 7.98. The van der Waals surface area contributed by atoms with E-state index in [4.69, 9.17) is 9.47 Å². The summed E-state index contributed by atoms with van der Waals surface area (Å²) >= 11 is 1.48. The molecule has 140 valence electrons. The van der Waals surface area contributed by atoms with E-state index >= 15 is 0 Å². The molecule has 0 bridgehead atoms. The summed E-state index contributed by atoms with van der Waals surface area (Å²) in [5.41, 5.74) is -0.496. The molecule has 1 atom stereocenters. The molecule has 1 aliphatic rings. The van der Waals surface area contributed by atoms with Crippen molar-refractivity contribution in [3.63, 3.8) is 0 Å². The van der Waals surface area contributed by atoms with Crippen LogP contribution in [0.2, 0.25) is 0 Å². The fraction of sp³-hybridized carbons (Fsp3) is 0.706. The summed E-state index contributed by atoms with van der Waals surface area (Å²) in [6.45, 7) is 6.99. The summed E-state index contributed by atoms with van der Waals surface area (Å²) in [6, 6.07) is 2.03. The van der Waals surface area contributed by atoms with Gasteiger partial charge in [-0.05, 0) is 46.3 Å². The minimum Gasteiger partial charge on any atom is -0.481 e. The van der Waals surface area contributed by atoms with Crippen LogP contribution >= 0.6 is 11.8 Å². The molecule has 0 aliphatic carbocycles. The van der Waals surface area contributed by atoms with E-state index in [1.54, 1.807) is 7.11 Å². The average Bonchev–Trinajstić information content (AvgIpc) is 2.58. The topological polar surface area (TPSA) is 76.6 Å². The third-order valence-corrected chi connectivity index (χ3v) is 4.41. The molecule has 1 aromatic heterocycles. The van der Waals surface area contributed by atoms with E-state index in [0.29, 0.717) is 17.6 Å². The first kappa shape index (κ1) is 19.6. The van der Waals surface area contributed by atoms with E-state index < -0.39 is 5.60 Å². The number of thioether (sulfide) groups is 1. The predicted molar refractivity (Wildman–Crippen MR) is 99.6 cm³/mol. The fourth-order valence-electron chi connectivity index (χ4n) is 2.76. The number of rotatable bonds is 5. The molecule has 8 heteroatoms. The summed E-state index contributed by atoms with van der Waals surface area (Å²) in [5, 5.41) is 3.56.